The van der Waals surface area contributed by atoms with E-state index in [9.17, 15) is 4.79 Å². The molecule has 3 nitrogen and oxygen atoms in total. The highest BCUT2D eigenvalue weighted by atomic mass is 16.5. The summed E-state index contributed by atoms with van der Waals surface area (Å²) < 4.78 is 6.90. The Morgan fingerprint density at radius 2 is 2.00 bits per heavy atom. The molecule has 2 rings (SSSR count). The highest BCUT2D eigenvalue weighted by molar-refractivity contribution is 5.88. The third-order valence-corrected chi connectivity index (χ3v) is 3.38. The zero-order valence-electron chi connectivity index (χ0n) is 10.7. The standard InChI is InChI=1S/C14H17NO2/c1-9-11-7-5-6-8-12(11)15(3)13(9)10(2)14(16)17-4/h5-8,10H,1-4H3. The van der Waals surface area contributed by atoms with Crippen LogP contribution in [0, 0.1) is 6.92 Å². The van der Waals surface area contributed by atoms with Crippen LogP contribution in [0.2, 0.25) is 0 Å². The average molecular weight is 231 g/mol. The summed E-state index contributed by atoms with van der Waals surface area (Å²) in [6, 6.07) is 8.17. The van der Waals surface area contributed by atoms with Crippen molar-refractivity contribution in [2.45, 2.75) is 19.8 Å². The fourth-order valence-corrected chi connectivity index (χ4v) is 2.51. The minimum atomic E-state index is -0.239. The summed E-state index contributed by atoms with van der Waals surface area (Å²) in [6.45, 7) is 3.93. The summed E-state index contributed by atoms with van der Waals surface area (Å²) in [6.07, 6.45) is 0. The molecule has 1 aromatic heterocycles. The van der Waals surface area contributed by atoms with Gasteiger partial charge in [-0.15, -0.1) is 0 Å². The summed E-state index contributed by atoms with van der Waals surface area (Å²) in [7, 11) is 3.42. The number of carbonyl (C=O) groups excluding carboxylic acids is 1. The Balaban J connectivity index is 2.66. The lowest BCUT2D eigenvalue weighted by atomic mass is 10.0. The first-order chi connectivity index (χ1) is 8.07. The molecular weight excluding hydrogens is 214 g/mol. The van der Waals surface area contributed by atoms with Crippen LogP contribution in [0.3, 0.4) is 0 Å². The number of ether oxygens (including phenoxy) is 1. The van der Waals surface area contributed by atoms with E-state index < -0.39 is 0 Å². The number of fused-ring (bicyclic) bond motifs is 1. The molecule has 0 aliphatic carbocycles. The van der Waals surface area contributed by atoms with Crippen molar-refractivity contribution in [1.82, 2.24) is 4.57 Å². The Morgan fingerprint density at radius 3 is 2.59 bits per heavy atom. The molecule has 1 atom stereocenters. The van der Waals surface area contributed by atoms with E-state index >= 15 is 0 Å². The topological polar surface area (TPSA) is 31.2 Å². The molecule has 0 saturated heterocycles. The van der Waals surface area contributed by atoms with Crippen molar-refractivity contribution in [3.63, 3.8) is 0 Å². The zero-order valence-corrected chi connectivity index (χ0v) is 10.7. The van der Waals surface area contributed by atoms with Crippen LogP contribution in [0.25, 0.3) is 10.9 Å². The predicted molar refractivity (Wildman–Crippen MR) is 68.1 cm³/mol. The molecule has 2 aromatic rings. The van der Waals surface area contributed by atoms with Crippen LogP contribution < -0.4 is 0 Å². The lowest BCUT2D eigenvalue weighted by Gasteiger charge is -2.12. The number of rotatable bonds is 2. The molecule has 0 radical (unpaired) electrons. The first-order valence-electron chi connectivity index (χ1n) is 5.69. The zero-order chi connectivity index (χ0) is 12.6. The van der Waals surface area contributed by atoms with Crippen molar-refractivity contribution in [2.24, 2.45) is 7.05 Å². The van der Waals surface area contributed by atoms with Gasteiger partial charge in [0.25, 0.3) is 0 Å². The number of nitrogens with zero attached hydrogens (tertiary/aromatic N) is 1. The Morgan fingerprint density at radius 1 is 1.35 bits per heavy atom. The number of hydrogen-bond acceptors (Lipinski definition) is 2. The molecule has 0 saturated carbocycles. The van der Waals surface area contributed by atoms with Gasteiger partial charge in [0.15, 0.2) is 0 Å². The number of benzene rings is 1. The summed E-state index contributed by atoms with van der Waals surface area (Å²) in [4.78, 5) is 11.7. The fourth-order valence-electron chi connectivity index (χ4n) is 2.51. The molecule has 0 amide bonds. The van der Waals surface area contributed by atoms with E-state index in [2.05, 4.69) is 23.6 Å². The van der Waals surface area contributed by atoms with Gasteiger partial charge in [-0.25, -0.2) is 0 Å². The molecule has 3 heteroatoms. The van der Waals surface area contributed by atoms with Crippen LogP contribution in [-0.4, -0.2) is 17.6 Å². The van der Waals surface area contributed by atoms with Gasteiger partial charge < -0.3 is 9.30 Å². The van der Waals surface area contributed by atoms with E-state index in [1.54, 1.807) is 0 Å². The fraction of sp³-hybridized carbons (Fsp3) is 0.357. The van der Waals surface area contributed by atoms with E-state index in [0.717, 1.165) is 16.8 Å². The summed E-state index contributed by atoms with van der Waals surface area (Å²) in [5.74, 6) is -0.434. The molecule has 0 N–H and O–H groups in total. The van der Waals surface area contributed by atoms with E-state index in [-0.39, 0.29) is 11.9 Å². The van der Waals surface area contributed by atoms with Gasteiger partial charge >= 0.3 is 5.97 Å². The predicted octanol–water partition coefficient (Wildman–Crippen LogP) is 2.76. The third-order valence-electron chi connectivity index (χ3n) is 3.38. The second-order valence-corrected chi connectivity index (χ2v) is 4.33. The molecule has 1 aromatic carbocycles. The van der Waals surface area contributed by atoms with Gasteiger partial charge in [0.05, 0.1) is 13.0 Å². The van der Waals surface area contributed by atoms with Crippen LogP contribution >= 0.6 is 0 Å². The first kappa shape index (κ1) is 11.7. The van der Waals surface area contributed by atoms with Crippen molar-refractivity contribution in [3.8, 4) is 0 Å². The number of aryl methyl sites for hydroxylation is 2. The molecule has 0 bridgehead atoms. The number of aromatic nitrogens is 1. The Bertz CT molecular complexity index is 530. The van der Waals surface area contributed by atoms with Gasteiger partial charge in [0.1, 0.15) is 0 Å². The maximum atomic E-state index is 11.7. The van der Waals surface area contributed by atoms with Crippen molar-refractivity contribution >= 4 is 16.9 Å². The molecule has 17 heavy (non-hydrogen) atoms. The second kappa shape index (κ2) is 4.24. The van der Waals surface area contributed by atoms with E-state index in [4.69, 9.17) is 4.74 Å². The van der Waals surface area contributed by atoms with Gasteiger partial charge in [-0.05, 0) is 25.5 Å². The monoisotopic (exact) mass is 231 g/mol. The normalized spacial score (nSPS) is 12.7. The van der Waals surface area contributed by atoms with Gasteiger partial charge in [0.2, 0.25) is 0 Å². The highest BCUT2D eigenvalue weighted by Gasteiger charge is 2.23. The average Bonchev–Trinajstić information content (AvgIpc) is 2.61. The van der Waals surface area contributed by atoms with Gasteiger partial charge in [-0.2, -0.15) is 0 Å². The Kier molecular flexibility index (Phi) is 2.92. The van der Waals surface area contributed by atoms with E-state index in [1.807, 2.05) is 26.1 Å². The second-order valence-electron chi connectivity index (χ2n) is 4.33. The number of methoxy groups -OCH3 is 1. The summed E-state index contributed by atoms with van der Waals surface area (Å²) in [5, 5.41) is 1.20. The lowest BCUT2D eigenvalue weighted by Crippen LogP contribution is -2.14. The molecule has 90 valence electrons. The van der Waals surface area contributed by atoms with Gasteiger partial charge in [-0.3, -0.25) is 4.79 Å². The number of para-hydroxylation sites is 1. The highest BCUT2D eigenvalue weighted by Crippen LogP contribution is 2.30. The van der Waals surface area contributed by atoms with Crippen LogP contribution in [0.4, 0.5) is 0 Å². The maximum Gasteiger partial charge on any atom is 0.314 e. The van der Waals surface area contributed by atoms with Crippen LogP contribution in [-0.2, 0) is 16.6 Å². The van der Waals surface area contributed by atoms with Gasteiger partial charge in [0, 0.05) is 23.6 Å². The molecule has 1 unspecified atom stereocenters. The van der Waals surface area contributed by atoms with E-state index in [0.29, 0.717) is 0 Å². The van der Waals surface area contributed by atoms with Crippen LogP contribution in [0.1, 0.15) is 24.1 Å². The number of hydrogen-bond donors (Lipinski definition) is 0. The maximum absolute atomic E-state index is 11.7. The Hall–Kier alpha value is -1.77. The number of carbonyl (C=O) groups is 1. The van der Waals surface area contributed by atoms with E-state index in [1.165, 1.54) is 12.5 Å². The summed E-state index contributed by atoms with van der Waals surface area (Å²) in [5.41, 5.74) is 3.33. The molecule has 0 aliphatic heterocycles. The smallest absolute Gasteiger partial charge is 0.314 e. The third kappa shape index (κ3) is 1.71. The minimum Gasteiger partial charge on any atom is -0.469 e. The van der Waals surface area contributed by atoms with Crippen molar-refractivity contribution in [3.05, 3.63) is 35.5 Å². The minimum absolute atomic E-state index is 0.195. The lowest BCUT2D eigenvalue weighted by molar-refractivity contribution is -0.142. The van der Waals surface area contributed by atoms with Crippen molar-refractivity contribution < 1.29 is 9.53 Å². The molecule has 1 heterocycles. The first-order valence-corrected chi connectivity index (χ1v) is 5.69. The Labute approximate surface area is 101 Å². The molecule has 0 aliphatic rings. The quantitative estimate of drug-likeness (QED) is 0.744. The summed E-state index contributed by atoms with van der Waals surface area (Å²) >= 11 is 0. The molecular formula is C14H17NO2. The SMILES string of the molecule is COC(=O)C(C)c1c(C)c2ccccc2n1C. The van der Waals surface area contributed by atoms with Gasteiger partial charge in [-0.1, -0.05) is 18.2 Å². The number of esters is 1. The largest absolute Gasteiger partial charge is 0.469 e. The molecule has 0 spiro atoms. The molecule has 0 fully saturated rings. The van der Waals surface area contributed by atoms with Crippen LogP contribution in [0.15, 0.2) is 24.3 Å². The van der Waals surface area contributed by atoms with Crippen molar-refractivity contribution in [1.29, 1.82) is 0 Å². The van der Waals surface area contributed by atoms with Crippen molar-refractivity contribution in [2.75, 3.05) is 7.11 Å². The van der Waals surface area contributed by atoms with Crippen LogP contribution in [0.5, 0.6) is 0 Å².